The number of ether oxygens (including phenoxy) is 3. The summed E-state index contributed by atoms with van der Waals surface area (Å²) in [6.45, 7) is 0.462. The van der Waals surface area contributed by atoms with Gasteiger partial charge < -0.3 is 19.1 Å². The standard InChI is InChI=1S/C17H19NO5/c1-21-14-6-3-11(4-7-14)17-18-13(10-23-17)9-12(16(18)20)5-8-15(19)22-2/h3-4,6-7,9,13,17H,5,8,10H2,1-2H3/t13-,17+/m0/s1. The van der Waals surface area contributed by atoms with Crippen LogP contribution in [0.2, 0.25) is 0 Å². The maximum atomic E-state index is 12.6. The Balaban J connectivity index is 1.71. The summed E-state index contributed by atoms with van der Waals surface area (Å²) in [5.41, 5.74) is 1.56. The molecule has 1 saturated heterocycles. The minimum atomic E-state index is -0.398. The first-order valence-electron chi connectivity index (χ1n) is 7.49. The summed E-state index contributed by atoms with van der Waals surface area (Å²) in [5.74, 6) is 0.374. The van der Waals surface area contributed by atoms with E-state index in [0.717, 1.165) is 11.3 Å². The van der Waals surface area contributed by atoms with Crippen molar-refractivity contribution >= 4 is 11.9 Å². The minimum absolute atomic E-state index is 0.0674. The first kappa shape index (κ1) is 15.6. The molecule has 23 heavy (non-hydrogen) atoms. The van der Waals surface area contributed by atoms with Crippen LogP contribution in [0.5, 0.6) is 5.75 Å². The first-order chi connectivity index (χ1) is 11.1. The van der Waals surface area contributed by atoms with Gasteiger partial charge in [0, 0.05) is 17.6 Å². The number of carbonyl (C=O) groups is 2. The average Bonchev–Trinajstić information content (AvgIpc) is 3.13. The predicted octanol–water partition coefficient (Wildman–Crippen LogP) is 1.81. The fourth-order valence-corrected chi connectivity index (χ4v) is 2.93. The lowest BCUT2D eigenvalue weighted by Crippen LogP contribution is -2.32. The third-order valence-corrected chi connectivity index (χ3v) is 4.16. The second-order valence-electron chi connectivity index (χ2n) is 5.51. The molecular formula is C17H19NO5. The zero-order chi connectivity index (χ0) is 16.4. The molecule has 2 heterocycles. The highest BCUT2D eigenvalue weighted by Gasteiger charge is 2.43. The number of hydrogen-bond donors (Lipinski definition) is 0. The molecule has 0 bridgehead atoms. The van der Waals surface area contributed by atoms with E-state index in [0.29, 0.717) is 18.6 Å². The van der Waals surface area contributed by atoms with Crippen LogP contribution in [0.4, 0.5) is 0 Å². The van der Waals surface area contributed by atoms with Crippen LogP contribution >= 0.6 is 0 Å². The van der Waals surface area contributed by atoms with Crippen LogP contribution in [0.3, 0.4) is 0 Å². The summed E-state index contributed by atoms with van der Waals surface area (Å²) in [6.07, 6.45) is 2.11. The summed E-state index contributed by atoms with van der Waals surface area (Å²) < 4.78 is 15.5. The van der Waals surface area contributed by atoms with E-state index < -0.39 is 6.23 Å². The van der Waals surface area contributed by atoms with E-state index in [-0.39, 0.29) is 24.3 Å². The van der Waals surface area contributed by atoms with Crippen LogP contribution < -0.4 is 4.74 Å². The van der Waals surface area contributed by atoms with Crippen molar-refractivity contribution in [3.8, 4) is 5.75 Å². The van der Waals surface area contributed by atoms with Crippen LogP contribution in [0.25, 0.3) is 0 Å². The zero-order valence-corrected chi connectivity index (χ0v) is 13.2. The Morgan fingerprint density at radius 3 is 2.70 bits per heavy atom. The average molecular weight is 317 g/mol. The van der Waals surface area contributed by atoms with Crippen molar-refractivity contribution < 1.29 is 23.8 Å². The summed E-state index contributed by atoms with van der Waals surface area (Å²) >= 11 is 0. The van der Waals surface area contributed by atoms with Gasteiger partial charge in [0.15, 0.2) is 6.23 Å². The van der Waals surface area contributed by atoms with Gasteiger partial charge in [-0.3, -0.25) is 9.59 Å². The molecule has 1 amide bonds. The lowest BCUT2D eigenvalue weighted by Gasteiger charge is -2.23. The van der Waals surface area contributed by atoms with Crippen molar-refractivity contribution in [1.29, 1.82) is 0 Å². The molecule has 0 spiro atoms. The smallest absolute Gasteiger partial charge is 0.305 e. The summed E-state index contributed by atoms with van der Waals surface area (Å²) in [7, 11) is 2.96. The number of esters is 1. The molecule has 1 fully saturated rings. The predicted molar refractivity (Wildman–Crippen MR) is 81.7 cm³/mol. The van der Waals surface area contributed by atoms with E-state index in [2.05, 4.69) is 4.74 Å². The number of rotatable bonds is 5. The van der Waals surface area contributed by atoms with Crippen molar-refractivity contribution in [2.75, 3.05) is 20.8 Å². The Bertz CT molecular complexity index is 637. The van der Waals surface area contributed by atoms with Gasteiger partial charge in [0.05, 0.1) is 26.9 Å². The Morgan fingerprint density at radius 2 is 2.04 bits per heavy atom. The minimum Gasteiger partial charge on any atom is -0.497 e. The van der Waals surface area contributed by atoms with Crippen LogP contribution in [-0.2, 0) is 19.1 Å². The van der Waals surface area contributed by atoms with E-state index in [1.807, 2.05) is 30.3 Å². The molecular weight excluding hydrogens is 298 g/mol. The molecule has 1 aromatic rings. The van der Waals surface area contributed by atoms with Gasteiger partial charge in [-0.2, -0.15) is 0 Å². The zero-order valence-electron chi connectivity index (χ0n) is 13.2. The Kier molecular flexibility index (Phi) is 4.34. The van der Waals surface area contributed by atoms with Crippen molar-refractivity contribution in [2.45, 2.75) is 25.1 Å². The van der Waals surface area contributed by atoms with Crippen molar-refractivity contribution in [3.63, 3.8) is 0 Å². The fourth-order valence-electron chi connectivity index (χ4n) is 2.93. The Morgan fingerprint density at radius 1 is 1.30 bits per heavy atom. The highest BCUT2D eigenvalue weighted by Crippen LogP contribution is 2.37. The van der Waals surface area contributed by atoms with Gasteiger partial charge >= 0.3 is 5.97 Å². The fraction of sp³-hybridized carbons (Fsp3) is 0.412. The molecule has 2 aliphatic rings. The van der Waals surface area contributed by atoms with Crippen LogP contribution in [0, 0.1) is 0 Å². The lowest BCUT2D eigenvalue weighted by atomic mass is 10.1. The quantitative estimate of drug-likeness (QED) is 0.775. The van der Waals surface area contributed by atoms with Gasteiger partial charge in [-0.1, -0.05) is 18.2 Å². The third kappa shape index (κ3) is 2.94. The lowest BCUT2D eigenvalue weighted by molar-refractivity contribution is -0.140. The van der Waals surface area contributed by atoms with Gasteiger partial charge in [0.2, 0.25) is 0 Å². The molecule has 2 aliphatic heterocycles. The normalized spacial score (nSPS) is 22.8. The van der Waals surface area contributed by atoms with Crippen molar-refractivity contribution in [1.82, 2.24) is 4.90 Å². The van der Waals surface area contributed by atoms with Gasteiger partial charge in [-0.25, -0.2) is 0 Å². The van der Waals surface area contributed by atoms with E-state index in [1.165, 1.54) is 7.11 Å². The SMILES string of the molecule is COC(=O)CCC1=C[C@H]2CO[C@H](c3ccc(OC)cc3)N2C1=O. The molecule has 1 aromatic carbocycles. The van der Waals surface area contributed by atoms with E-state index >= 15 is 0 Å². The number of fused-ring (bicyclic) bond motifs is 1. The van der Waals surface area contributed by atoms with Crippen LogP contribution in [0.1, 0.15) is 24.6 Å². The van der Waals surface area contributed by atoms with Crippen molar-refractivity contribution in [2.24, 2.45) is 0 Å². The maximum absolute atomic E-state index is 12.6. The van der Waals surface area contributed by atoms with E-state index in [9.17, 15) is 9.59 Å². The molecule has 122 valence electrons. The molecule has 0 aromatic heterocycles. The molecule has 0 saturated carbocycles. The monoisotopic (exact) mass is 317 g/mol. The number of nitrogens with zero attached hydrogens (tertiary/aromatic N) is 1. The number of carbonyl (C=O) groups excluding carboxylic acids is 2. The van der Waals surface area contributed by atoms with Crippen LogP contribution in [-0.4, -0.2) is 43.6 Å². The second-order valence-corrected chi connectivity index (χ2v) is 5.51. The van der Waals surface area contributed by atoms with Gasteiger partial charge in [0.25, 0.3) is 5.91 Å². The molecule has 6 heteroatoms. The number of hydrogen-bond acceptors (Lipinski definition) is 5. The molecule has 6 nitrogen and oxygen atoms in total. The van der Waals surface area contributed by atoms with E-state index in [1.54, 1.807) is 12.0 Å². The number of benzene rings is 1. The molecule has 3 rings (SSSR count). The van der Waals surface area contributed by atoms with Gasteiger partial charge in [-0.15, -0.1) is 0 Å². The third-order valence-electron chi connectivity index (χ3n) is 4.16. The topological polar surface area (TPSA) is 65.1 Å². The molecule has 0 aliphatic carbocycles. The highest BCUT2D eigenvalue weighted by atomic mass is 16.5. The molecule has 0 unspecified atom stereocenters. The second kappa shape index (κ2) is 6.42. The maximum Gasteiger partial charge on any atom is 0.305 e. The molecule has 0 N–H and O–H groups in total. The molecule has 0 radical (unpaired) electrons. The van der Waals surface area contributed by atoms with Crippen LogP contribution in [0.15, 0.2) is 35.9 Å². The largest absolute Gasteiger partial charge is 0.497 e. The summed E-state index contributed by atoms with van der Waals surface area (Å²) in [4.78, 5) is 25.6. The first-order valence-corrected chi connectivity index (χ1v) is 7.49. The summed E-state index contributed by atoms with van der Waals surface area (Å²) in [6, 6.07) is 7.41. The van der Waals surface area contributed by atoms with Gasteiger partial charge in [-0.05, 0) is 18.6 Å². The Hall–Kier alpha value is -2.34. The molecule has 2 atom stereocenters. The summed E-state index contributed by atoms with van der Waals surface area (Å²) in [5, 5.41) is 0. The van der Waals surface area contributed by atoms with Crippen molar-refractivity contribution in [3.05, 3.63) is 41.5 Å². The van der Waals surface area contributed by atoms with E-state index in [4.69, 9.17) is 9.47 Å². The Labute approximate surface area is 134 Å². The highest BCUT2D eigenvalue weighted by molar-refractivity contribution is 5.97. The van der Waals surface area contributed by atoms with Gasteiger partial charge in [0.1, 0.15) is 5.75 Å². The number of methoxy groups -OCH3 is 2. The number of amides is 1.